The first-order chi connectivity index (χ1) is 7.15. The Labute approximate surface area is 92.7 Å². The van der Waals surface area contributed by atoms with Crippen molar-refractivity contribution in [3.8, 4) is 0 Å². The van der Waals surface area contributed by atoms with Crippen LogP contribution >= 0.6 is 11.6 Å². The van der Waals surface area contributed by atoms with Gasteiger partial charge in [0.1, 0.15) is 6.10 Å². The van der Waals surface area contributed by atoms with Gasteiger partial charge in [-0.1, -0.05) is 23.7 Å². The van der Waals surface area contributed by atoms with Crippen molar-refractivity contribution >= 4 is 17.7 Å². The maximum Gasteiger partial charge on any atom is 0.422 e. The number of carbonyl (C=O) groups is 1. The highest BCUT2D eigenvalue weighted by atomic mass is 35.5. The normalized spacial score (nSPS) is 22.0. The zero-order valence-corrected chi connectivity index (χ0v) is 8.99. The molecular formula is C10H11ClN2O2. The monoisotopic (exact) mass is 226 g/mol. The molecule has 1 aliphatic heterocycles. The molecule has 1 aliphatic rings. The van der Waals surface area contributed by atoms with Crippen LogP contribution in [0.2, 0.25) is 5.02 Å². The molecule has 1 amide bonds. The van der Waals surface area contributed by atoms with Gasteiger partial charge >= 0.3 is 6.09 Å². The molecule has 1 unspecified atom stereocenters. The Bertz CT molecular complexity index is 383. The van der Waals surface area contributed by atoms with Crippen LogP contribution in [0.25, 0.3) is 0 Å². The van der Waals surface area contributed by atoms with Crippen LogP contribution in [0.1, 0.15) is 11.7 Å². The molecule has 0 aliphatic carbocycles. The Hall–Kier alpha value is -1.26. The molecule has 2 rings (SSSR count). The Balaban J connectivity index is 2.19. The van der Waals surface area contributed by atoms with Crippen LogP contribution in [-0.4, -0.2) is 24.7 Å². The maximum atomic E-state index is 11.1. The van der Waals surface area contributed by atoms with Crippen molar-refractivity contribution in [3.05, 3.63) is 34.9 Å². The number of nitrogens with one attached hydrogen (secondary N) is 1. The molecule has 1 N–H and O–H groups in total. The minimum Gasteiger partial charge on any atom is -0.439 e. The quantitative estimate of drug-likeness (QED) is 0.796. The lowest BCUT2D eigenvalue weighted by Crippen LogP contribution is -2.48. The largest absolute Gasteiger partial charge is 0.439 e. The van der Waals surface area contributed by atoms with Gasteiger partial charge < -0.3 is 4.74 Å². The molecule has 0 radical (unpaired) electrons. The highest BCUT2D eigenvalue weighted by Gasteiger charge is 2.24. The standard InChI is InChI=1S/C10H11ClN2O2/c1-13-6-9(15-10(14)12-13)7-3-2-4-8(11)5-7/h2-5,9H,6H2,1H3,(H,12,14). The third kappa shape index (κ3) is 2.40. The molecule has 4 nitrogen and oxygen atoms in total. The number of nitrogens with zero attached hydrogens (tertiary/aromatic N) is 1. The summed E-state index contributed by atoms with van der Waals surface area (Å²) in [7, 11) is 1.79. The predicted octanol–water partition coefficient (Wildman–Crippen LogP) is 1.97. The van der Waals surface area contributed by atoms with Gasteiger partial charge in [0.15, 0.2) is 0 Å². The zero-order chi connectivity index (χ0) is 10.8. The Kier molecular flexibility index (Phi) is 2.79. The van der Waals surface area contributed by atoms with Crippen LogP contribution in [0.3, 0.4) is 0 Å². The minimum absolute atomic E-state index is 0.262. The van der Waals surface area contributed by atoms with Crippen LogP contribution in [0.15, 0.2) is 24.3 Å². The number of hydrazine groups is 1. The van der Waals surface area contributed by atoms with Crippen molar-refractivity contribution in [1.82, 2.24) is 10.4 Å². The summed E-state index contributed by atoms with van der Waals surface area (Å²) in [4.78, 5) is 11.1. The van der Waals surface area contributed by atoms with Gasteiger partial charge in [0.05, 0.1) is 6.54 Å². The first-order valence-corrected chi connectivity index (χ1v) is 4.97. The van der Waals surface area contributed by atoms with E-state index in [1.165, 1.54) is 0 Å². The third-order valence-corrected chi connectivity index (χ3v) is 2.43. The number of halogens is 1. The molecule has 15 heavy (non-hydrogen) atoms. The molecule has 1 aromatic rings. The van der Waals surface area contributed by atoms with Crippen LogP contribution in [0.5, 0.6) is 0 Å². The summed E-state index contributed by atoms with van der Waals surface area (Å²) in [6.45, 7) is 0.603. The second kappa shape index (κ2) is 4.08. The number of likely N-dealkylation sites (N-methyl/N-ethyl adjacent to an activating group) is 1. The highest BCUT2D eigenvalue weighted by Crippen LogP contribution is 2.23. The van der Waals surface area contributed by atoms with Gasteiger partial charge in [-0.3, -0.25) is 5.43 Å². The van der Waals surface area contributed by atoms with E-state index in [0.717, 1.165) is 5.56 Å². The van der Waals surface area contributed by atoms with Crippen LogP contribution < -0.4 is 5.43 Å². The lowest BCUT2D eigenvalue weighted by molar-refractivity contribution is 0.0129. The van der Waals surface area contributed by atoms with Crippen molar-refractivity contribution in [2.45, 2.75) is 6.10 Å². The van der Waals surface area contributed by atoms with E-state index in [0.29, 0.717) is 11.6 Å². The van der Waals surface area contributed by atoms with Crippen LogP contribution in [0, 0.1) is 0 Å². The average Bonchev–Trinajstić information content (AvgIpc) is 2.16. The van der Waals surface area contributed by atoms with Gasteiger partial charge in [-0.2, -0.15) is 0 Å². The van der Waals surface area contributed by atoms with Crippen LogP contribution in [0.4, 0.5) is 4.79 Å². The SMILES string of the molecule is CN1CC(c2cccc(Cl)c2)OC(=O)N1. The number of amides is 1. The van der Waals surface area contributed by atoms with E-state index in [-0.39, 0.29) is 6.10 Å². The van der Waals surface area contributed by atoms with Gasteiger partial charge in [-0.15, -0.1) is 0 Å². The fraction of sp³-hybridized carbons (Fsp3) is 0.300. The second-order valence-electron chi connectivity index (χ2n) is 3.44. The van der Waals surface area contributed by atoms with Gasteiger partial charge in [-0.25, -0.2) is 9.80 Å². The number of carbonyl (C=O) groups excluding carboxylic acids is 1. The Morgan fingerprint density at radius 2 is 2.40 bits per heavy atom. The molecule has 5 heteroatoms. The summed E-state index contributed by atoms with van der Waals surface area (Å²) in [6.07, 6.45) is -0.698. The molecule has 0 aromatic heterocycles. The summed E-state index contributed by atoms with van der Waals surface area (Å²) in [5.74, 6) is 0. The van der Waals surface area contributed by atoms with Gasteiger partial charge in [0.2, 0.25) is 0 Å². The van der Waals surface area contributed by atoms with Gasteiger partial charge in [-0.05, 0) is 17.7 Å². The van der Waals surface area contributed by atoms with Crippen molar-refractivity contribution in [3.63, 3.8) is 0 Å². The number of benzene rings is 1. The Morgan fingerprint density at radius 3 is 3.07 bits per heavy atom. The molecule has 0 spiro atoms. The molecule has 1 aromatic carbocycles. The summed E-state index contributed by atoms with van der Waals surface area (Å²) < 4.78 is 5.15. The fourth-order valence-corrected chi connectivity index (χ4v) is 1.72. The molecule has 1 saturated heterocycles. The van der Waals surface area contributed by atoms with E-state index in [1.54, 1.807) is 24.2 Å². The smallest absolute Gasteiger partial charge is 0.422 e. The highest BCUT2D eigenvalue weighted by molar-refractivity contribution is 6.30. The summed E-state index contributed by atoms with van der Waals surface area (Å²) in [6, 6.07) is 7.33. The Morgan fingerprint density at radius 1 is 1.60 bits per heavy atom. The minimum atomic E-state index is -0.436. The van der Waals surface area contributed by atoms with E-state index in [2.05, 4.69) is 5.43 Å². The van der Waals surface area contributed by atoms with Crippen molar-refractivity contribution in [1.29, 1.82) is 0 Å². The number of rotatable bonds is 1. The summed E-state index contributed by atoms with van der Waals surface area (Å²) in [5.41, 5.74) is 3.44. The number of hydrogen-bond donors (Lipinski definition) is 1. The molecule has 80 valence electrons. The van der Waals surface area contributed by atoms with E-state index < -0.39 is 6.09 Å². The second-order valence-corrected chi connectivity index (χ2v) is 3.88. The number of hydrogen-bond acceptors (Lipinski definition) is 3. The first-order valence-electron chi connectivity index (χ1n) is 4.59. The summed E-state index contributed by atoms with van der Waals surface area (Å²) >= 11 is 5.87. The van der Waals surface area contributed by atoms with Crippen molar-refractivity contribution < 1.29 is 9.53 Å². The number of cyclic esters (lactones) is 1. The van der Waals surface area contributed by atoms with Crippen molar-refractivity contribution in [2.24, 2.45) is 0 Å². The van der Waals surface area contributed by atoms with Gasteiger partial charge in [0.25, 0.3) is 0 Å². The topological polar surface area (TPSA) is 41.6 Å². The van der Waals surface area contributed by atoms with E-state index in [4.69, 9.17) is 16.3 Å². The van der Waals surface area contributed by atoms with E-state index in [9.17, 15) is 4.79 Å². The third-order valence-electron chi connectivity index (χ3n) is 2.19. The lowest BCUT2D eigenvalue weighted by atomic mass is 10.1. The molecule has 0 bridgehead atoms. The van der Waals surface area contributed by atoms with E-state index >= 15 is 0 Å². The van der Waals surface area contributed by atoms with Crippen molar-refractivity contribution in [2.75, 3.05) is 13.6 Å². The molecule has 1 heterocycles. The van der Waals surface area contributed by atoms with Crippen LogP contribution in [-0.2, 0) is 4.74 Å². The lowest BCUT2D eigenvalue weighted by Gasteiger charge is -2.30. The zero-order valence-electron chi connectivity index (χ0n) is 8.24. The molecular weight excluding hydrogens is 216 g/mol. The van der Waals surface area contributed by atoms with Gasteiger partial charge in [0, 0.05) is 12.1 Å². The summed E-state index contributed by atoms with van der Waals surface area (Å²) in [5, 5.41) is 2.34. The fourth-order valence-electron chi connectivity index (χ4n) is 1.52. The molecule has 0 saturated carbocycles. The average molecular weight is 227 g/mol. The first kappa shape index (κ1) is 10.3. The van der Waals surface area contributed by atoms with E-state index in [1.807, 2.05) is 12.1 Å². The maximum absolute atomic E-state index is 11.1. The molecule has 1 fully saturated rings. The number of ether oxygens (including phenoxy) is 1. The molecule has 1 atom stereocenters. The predicted molar refractivity (Wildman–Crippen MR) is 56.4 cm³/mol.